The minimum Gasteiger partial charge on any atom is -0.307 e. The molecule has 0 spiro atoms. The van der Waals surface area contributed by atoms with Crippen molar-refractivity contribution in [3.05, 3.63) is 62.9 Å². The van der Waals surface area contributed by atoms with Crippen LogP contribution >= 0.6 is 39.1 Å². The van der Waals surface area contributed by atoms with Crippen molar-refractivity contribution in [2.24, 2.45) is 0 Å². The van der Waals surface area contributed by atoms with Crippen LogP contribution in [-0.4, -0.2) is 25.5 Å². The van der Waals surface area contributed by atoms with Gasteiger partial charge in [0.2, 0.25) is 5.91 Å². The molecule has 9 heteroatoms. The van der Waals surface area contributed by atoms with Gasteiger partial charge in [0.15, 0.2) is 5.82 Å². The summed E-state index contributed by atoms with van der Waals surface area (Å²) >= 11 is 15.3. The van der Waals surface area contributed by atoms with Gasteiger partial charge in [-0.15, -0.1) is 0 Å². The summed E-state index contributed by atoms with van der Waals surface area (Å²) in [6.45, 7) is 0.555. The number of amides is 1. The van der Waals surface area contributed by atoms with Crippen molar-refractivity contribution in [3.63, 3.8) is 0 Å². The van der Waals surface area contributed by atoms with Crippen LogP contribution < -0.4 is 5.32 Å². The van der Waals surface area contributed by atoms with Gasteiger partial charge in [-0.1, -0.05) is 41.4 Å². The number of hydrogen-bond donors (Lipinski definition) is 1. The van der Waals surface area contributed by atoms with Crippen LogP contribution in [0.2, 0.25) is 10.0 Å². The molecule has 1 amide bonds. The van der Waals surface area contributed by atoms with Crippen molar-refractivity contribution < 1.29 is 4.79 Å². The predicted molar refractivity (Wildman–Crippen MR) is 96.3 cm³/mol. The number of nitrogens with one attached hydrogen (secondary N) is 1. The molecular weight excluding hydrogens is 417 g/mol. The number of carbonyl (C=O) groups excluding carboxylic acids is 1. The van der Waals surface area contributed by atoms with E-state index in [9.17, 15) is 4.79 Å². The quantitative estimate of drug-likeness (QED) is 0.671. The third-order valence-electron chi connectivity index (χ3n) is 3.17. The van der Waals surface area contributed by atoms with Gasteiger partial charge in [-0.2, -0.15) is 10.2 Å². The van der Waals surface area contributed by atoms with Crippen LogP contribution in [0.25, 0.3) is 0 Å². The summed E-state index contributed by atoms with van der Waals surface area (Å²) in [5, 5.41) is 12.2. The molecule has 6 nitrogen and oxygen atoms in total. The second kappa shape index (κ2) is 7.38. The van der Waals surface area contributed by atoms with Gasteiger partial charge in [-0.25, -0.2) is 0 Å². The summed E-state index contributed by atoms with van der Waals surface area (Å²) < 4.78 is 3.83. The molecule has 0 aliphatic heterocycles. The summed E-state index contributed by atoms with van der Waals surface area (Å²) in [5.74, 6) is 0.184. The Labute approximate surface area is 156 Å². The van der Waals surface area contributed by atoms with Gasteiger partial charge in [0, 0.05) is 17.4 Å². The highest BCUT2D eigenvalue weighted by Gasteiger charge is 2.12. The Kier molecular flexibility index (Phi) is 5.23. The zero-order chi connectivity index (χ0) is 17.1. The number of halogens is 3. The average molecular weight is 429 g/mol. The van der Waals surface area contributed by atoms with E-state index in [0.29, 0.717) is 26.9 Å². The lowest BCUT2D eigenvalue weighted by molar-refractivity contribution is -0.116. The van der Waals surface area contributed by atoms with Gasteiger partial charge in [0.25, 0.3) is 0 Å². The number of benzene rings is 1. The smallest absolute Gasteiger partial charge is 0.247 e. The Bertz CT molecular complexity index is 876. The van der Waals surface area contributed by atoms with Crippen LogP contribution in [0.3, 0.4) is 0 Å². The summed E-state index contributed by atoms with van der Waals surface area (Å²) in [6.07, 6.45) is 4.83. The first kappa shape index (κ1) is 17.0. The maximum Gasteiger partial charge on any atom is 0.247 e. The highest BCUT2D eigenvalue weighted by Crippen LogP contribution is 2.22. The highest BCUT2D eigenvalue weighted by atomic mass is 79.9. The summed E-state index contributed by atoms with van der Waals surface area (Å²) in [7, 11) is 0. The number of carbonyl (C=O) groups is 1. The molecule has 0 unspecified atom stereocenters. The highest BCUT2D eigenvalue weighted by molar-refractivity contribution is 9.10. The van der Waals surface area contributed by atoms with E-state index in [0.717, 1.165) is 5.56 Å². The number of hydrogen-bond acceptors (Lipinski definition) is 3. The fraction of sp³-hybridized carbons (Fsp3) is 0.133. The molecule has 24 heavy (non-hydrogen) atoms. The van der Waals surface area contributed by atoms with Gasteiger partial charge in [-0.05, 0) is 27.6 Å². The van der Waals surface area contributed by atoms with E-state index < -0.39 is 0 Å². The summed E-state index contributed by atoms with van der Waals surface area (Å²) in [4.78, 5) is 12.1. The third-order valence-corrected chi connectivity index (χ3v) is 4.32. The monoisotopic (exact) mass is 427 g/mol. The molecule has 0 aliphatic rings. The van der Waals surface area contributed by atoms with Crippen molar-refractivity contribution in [3.8, 4) is 0 Å². The van der Waals surface area contributed by atoms with E-state index in [1.165, 1.54) is 10.9 Å². The van der Waals surface area contributed by atoms with E-state index in [1.54, 1.807) is 17.1 Å². The fourth-order valence-corrected chi connectivity index (χ4v) is 2.87. The Morgan fingerprint density at radius 2 is 2.00 bits per heavy atom. The van der Waals surface area contributed by atoms with Gasteiger partial charge >= 0.3 is 0 Å². The van der Waals surface area contributed by atoms with Crippen LogP contribution in [0.5, 0.6) is 0 Å². The zero-order valence-electron chi connectivity index (χ0n) is 12.3. The van der Waals surface area contributed by atoms with Crippen molar-refractivity contribution in [2.45, 2.75) is 13.1 Å². The Morgan fingerprint density at radius 3 is 2.71 bits per heavy atom. The minimum atomic E-state index is -0.251. The molecule has 0 radical (unpaired) electrons. The third kappa shape index (κ3) is 4.17. The molecule has 0 aliphatic carbocycles. The molecule has 2 aromatic heterocycles. The Hall–Kier alpha value is -1.83. The standard InChI is InChI=1S/C15H12BrCl2N5O/c16-12-8-23(6-10-3-1-2-4-13(10)18)21-15(12)20-14(24)9-22-7-11(17)5-19-22/h1-5,7-8H,6,9H2,(H,20,21,24). The molecule has 124 valence electrons. The van der Waals surface area contributed by atoms with Crippen molar-refractivity contribution >= 4 is 50.9 Å². The van der Waals surface area contributed by atoms with E-state index in [1.807, 2.05) is 24.3 Å². The normalized spacial score (nSPS) is 10.8. The first-order valence-corrected chi connectivity index (χ1v) is 8.50. The average Bonchev–Trinajstić information content (AvgIpc) is 3.08. The van der Waals surface area contributed by atoms with Gasteiger partial charge < -0.3 is 5.32 Å². The molecule has 3 aromatic rings. The lowest BCUT2D eigenvalue weighted by atomic mass is 10.2. The molecule has 1 aromatic carbocycles. The molecule has 0 fully saturated rings. The molecular formula is C15H12BrCl2N5O. The number of anilines is 1. The number of rotatable bonds is 5. The Balaban J connectivity index is 1.67. The van der Waals surface area contributed by atoms with Crippen LogP contribution in [0, 0.1) is 0 Å². The first-order chi connectivity index (χ1) is 11.5. The molecule has 0 saturated heterocycles. The largest absolute Gasteiger partial charge is 0.307 e. The molecule has 2 heterocycles. The second-order valence-corrected chi connectivity index (χ2v) is 6.72. The lowest BCUT2D eigenvalue weighted by Crippen LogP contribution is -2.19. The second-order valence-electron chi connectivity index (χ2n) is 5.02. The van der Waals surface area contributed by atoms with E-state index >= 15 is 0 Å². The molecule has 0 saturated carbocycles. The van der Waals surface area contributed by atoms with E-state index in [2.05, 4.69) is 31.4 Å². The number of nitrogens with zero attached hydrogens (tertiary/aromatic N) is 4. The summed E-state index contributed by atoms with van der Waals surface area (Å²) in [5.41, 5.74) is 0.943. The number of aromatic nitrogens is 4. The predicted octanol–water partition coefficient (Wildman–Crippen LogP) is 3.84. The zero-order valence-corrected chi connectivity index (χ0v) is 15.4. The Morgan fingerprint density at radius 1 is 1.21 bits per heavy atom. The van der Waals surface area contributed by atoms with Crippen molar-refractivity contribution in [1.29, 1.82) is 0 Å². The van der Waals surface area contributed by atoms with Gasteiger partial charge in [0.1, 0.15) is 6.54 Å². The SMILES string of the molecule is O=C(Cn1cc(Cl)cn1)Nc1nn(Cc2ccccc2Cl)cc1Br. The molecule has 0 bridgehead atoms. The first-order valence-electron chi connectivity index (χ1n) is 6.95. The molecule has 0 atom stereocenters. The fourth-order valence-electron chi connectivity index (χ4n) is 2.11. The summed E-state index contributed by atoms with van der Waals surface area (Å²) in [6, 6.07) is 7.54. The van der Waals surface area contributed by atoms with Crippen molar-refractivity contribution in [1.82, 2.24) is 19.6 Å². The van der Waals surface area contributed by atoms with Crippen LogP contribution in [-0.2, 0) is 17.9 Å². The van der Waals surface area contributed by atoms with Crippen LogP contribution in [0.1, 0.15) is 5.56 Å². The lowest BCUT2D eigenvalue weighted by Gasteiger charge is -2.04. The van der Waals surface area contributed by atoms with E-state index in [4.69, 9.17) is 23.2 Å². The maximum atomic E-state index is 12.1. The minimum absolute atomic E-state index is 0.0521. The van der Waals surface area contributed by atoms with Gasteiger partial charge in [-0.3, -0.25) is 14.2 Å². The maximum absolute atomic E-state index is 12.1. The van der Waals surface area contributed by atoms with Crippen LogP contribution in [0.15, 0.2) is 47.3 Å². The van der Waals surface area contributed by atoms with Crippen LogP contribution in [0.4, 0.5) is 5.82 Å². The van der Waals surface area contributed by atoms with Crippen molar-refractivity contribution in [2.75, 3.05) is 5.32 Å². The molecule has 1 N–H and O–H groups in total. The van der Waals surface area contributed by atoms with Gasteiger partial charge in [0.05, 0.1) is 22.2 Å². The topological polar surface area (TPSA) is 64.7 Å². The van der Waals surface area contributed by atoms with E-state index in [-0.39, 0.29) is 12.5 Å². The molecule has 3 rings (SSSR count).